The normalized spacial score (nSPS) is 17.8. The van der Waals surface area contributed by atoms with E-state index < -0.39 is 0 Å². The molecule has 1 aliphatic heterocycles. The van der Waals surface area contributed by atoms with Crippen molar-refractivity contribution in [2.45, 2.75) is 39.3 Å². The lowest BCUT2D eigenvalue weighted by molar-refractivity contribution is 0.140. The van der Waals surface area contributed by atoms with Crippen molar-refractivity contribution in [1.29, 1.82) is 0 Å². The molecule has 2 aromatic rings. The smallest absolute Gasteiger partial charge is 0.191 e. The first-order chi connectivity index (χ1) is 13.2. The van der Waals surface area contributed by atoms with E-state index in [1.54, 1.807) is 0 Å². The van der Waals surface area contributed by atoms with Gasteiger partial charge in [0.1, 0.15) is 0 Å². The highest BCUT2D eigenvalue weighted by Gasteiger charge is 2.25. The molecule has 0 saturated carbocycles. The lowest BCUT2D eigenvalue weighted by atomic mass is 9.97. The van der Waals surface area contributed by atoms with Crippen LogP contribution in [-0.2, 0) is 13.6 Å². The van der Waals surface area contributed by atoms with Gasteiger partial charge in [-0.3, -0.25) is 9.58 Å². The van der Waals surface area contributed by atoms with E-state index in [1.807, 2.05) is 35.5 Å². The number of nitrogens with one attached hydrogen (secondary N) is 2. The summed E-state index contributed by atoms with van der Waals surface area (Å²) in [7, 11) is 1.93. The standard InChI is InChI=1S/C20H32N6S/c1-4-21-20(22-12-17-13-24-25(3)15-17)23-14-18(19-6-5-11-27-19)26-9-7-16(2)8-10-26/h5-6,11,13,15-16,18H,4,7-10,12,14H2,1-3H3,(H2,21,22,23). The molecule has 0 aromatic carbocycles. The second-order valence-electron chi connectivity index (χ2n) is 7.35. The highest BCUT2D eigenvalue weighted by atomic mass is 32.1. The van der Waals surface area contributed by atoms with Gasteiger partial charge in [0.05, 0.1) is 18.8 Å². The van der Waals surface area contributed by atoms with E-state index in [-0.39, 0.29) is 0 Å². The molecule has 1 saturated heterocycles. The van der Waals surface area contributed by atoms with Crippen LogP contribution in [0.1, 0.15) is 43.2 Å². The predicted molar refractivity (Wildman–Crippen MR) is 113 cm³/mol. The monoisotopic (exact) mass is 388 g/mol. The lowest BCUT2D eigenvalue weighted by Gasteiger charge is -2.36. The molecule has 7 heteroatoms. The summed E-state index contributed by atoms with van der Waals surface area (Å²) in [6, 6.07) is 4.82. The first-order valence-electron chi connectivity index (χ1n) is 9.93. The van der Waals surface area contributed by atoms with Gasteiger partial charge in [0.15, 0.2) is 5.96 Å². The molecule has 1 unspecified atom stereocenters. The maximum absolute atomic E-state index is 4.73. The number of thiophene rings is 1. The summed E-state index contributed by atoms with van der Waals surface area (Å²) in [5.74, 6) is 1.71. The fourth-order valence-electron chi connectivity index (χ4n) is 3.49. The fraction of sp³-hybridized carbons (Fsp3) is 0.600. The molecule has 2 aromatic heterocycles. The summed E-state index contributed by atoms with van der Waals surface area (Å²) in [4.78, 5) is 8.79. The van der Waals surface area contributed by atoms with Gasteiger partial charge in [-0.25, -0.2) is 4.99 Å². The van der Waals surface area contributed by atoms with Gasteiger partial charge >= 0.3 is 0 Å². The first kappa shape index (κ1) is 19.9. The van der Waals surface area contributed by atoms with E-state index >= 15 is 0 Å². The van der Waals surface area contributed by atoms with Crippen molar-refractivity contribution in [2.75, 3.05) is 26.2 Å². The quantitative estimate of drug-likeness (QED) is 0.565. The van der Waals surface area contributed by atoms with Crippen LogP contribution in [0.4, 0.5) is 0 Å². The van der Waals surface area contributed by atoms with E-state index in [1.165, 1.54) is 30.8 Å². The maximum atomic E-state index is 4.73. The number of hydrogen-bond acceptors (Lipinski definition) is 4. The Bertz CT molecular complexity index is 700. The number of guanidine groups is 1. The molecule has 0 radical (unpaired) electrons. The minimum Gasteiger partial charge on any atom is -0.357 e. The number of rotatable bonds is 7. The van der Waals surface area contributed by atoms with Gasteiger partial charge < -0.3 is 10.6 Å². The van der Waals surface area contributed by atoms with Crippen molar-refractivity contribution >= 4 is 17.3 Å². The van der Waals surface area contributed by atoms with Crippen molar-refractivity contribution < 1.29 is 0 Å². The predicted octanol–water partition coefficient (Wildman–Crippen LogP) is 3.01. The molecule has 0 bridgehead atoms. The third-order valence-corrected chi connectivity index (χ3v) is 6.09. The zero-order valence-electron chi connectivity index (χ0n) is 16.7. The van der Waals surface area contributed by atoms with Crippen molar-refractivity contribution in [2.24, 2.45) is 18.0 Å². The molecule has 2 N–H and O–H groups in total. The van der Waals surface area contributed by atoms with Crippen molar-refractivity contribution in [3.05, 3.63) is 40.3 Å². The SMILES string of the molecule is CCNC(=NCc1cnn(C)c1)NCC(c1cccs1)N1CCC(C)CC1. The van der Waals surface area contributed by atoms with Crippen LogP contribution < -0.4 is 10.6 Å². The average molecular weight is 389 g/mol. The highest BCUT2D eigenvalue weighted by Crippen LogP contribution is 2.29. The van der Waals surface area contributed by atoms with Crippen LogP contribution in [0.2, 0.25) is 0 Å². The maximum Gasteiger partial charge on any atom is 0.191 e. The van der Waals surface area contributed by atoms with Crippen LogP contribution in [0, 0.1) is 5.92 Å². The molecule has 0 spiro atoms. The van der Waals surface area contributed by atoms with Gasteiger partial charge in [0.2, 0.25) is 0 Å². The molecule has 6 nitrogen and oxygen atoms in total. The van der Waals surface area contributed by atoms with Gasteiger partial charge in [-0.15, -0.1) is 11.3 Å². The van der Waals surface area contributed by atoms with E-state index in [0.29, 0.717) is 12.6 Å². The van der Waals surface area contributed by atoms with Gasteiger partial charge in [-0.2, -0.15) is 5.10 Å². The molecular weight excluding hydrogens is 356 g/mol. The number of nitrogens with zero attached hydrogens (tertiary/aromatic N) is 4. The third-order valence-electron chi connectivity index (χ3n) is 5.12. The zero-order valence-corrected chi connectivity index (χ0v) is 17.5. The van der Waals surface area contributed by atoms with Crippen molar-refractivity contribution in [3.63, 3.8) is 0 Å². The molecule has 3 heterocycles. The summed E-state index contributed by atoms with van der Waals surface area (Å²) in [6.45, 7) is 9.17. The second kappa shape index (κ2) is 9.90. The minimum absolute atomic E-state index is 0.403. The van der Waals surface area contributed by atoms with E-state index in [0.717, 1.165) is 30.5 Å². The molecule has 1 aliphatic rings. The largest absolute Gasteiger partial charge is 0.357 e. The number of aliphatic imine (C=N–C) groups is 1. The number of piperidine rings is 1. The Labute approximate surface area is 166 Å². The molecule has 148 valence electrons. The van der Waals surface area contributed by atoms with E-state index in [2.05, 4.69) is 52.0 Å². The topological polar surface area (TPSA) is 57.5 Å². The number of aryl methyl sites for hydroxylation is 1. The van der Waals surface area contributed by atoms with Crippen LogP contribution in [0.25, 0.3) is 0 Å². The van der Waals surface area contributed by atoms with Gasteiger partial charge in [-0.05, 0) is 50.2 Å². The lowest BCUT2D eigenvalue weighted by Crippen LogP contribution is -2.45. The molecular formula is C20H32N6S. The van der Waals surface area contributed by atoms with Crippen LogP contribution >= 0.6 is 11.3 Å². The summed E-state index contributed by atoms with van der Waals surface area (Å²) >= 11 is 1.85. The molecule has 1 atom stereocenters. The highest BCUT2D eigenvalue weighted by molar-refractivity contribution is 7.10. The summed E-state index contributed by atoms with van der Waals surface area (Å²) in [5, 5.41) is 13.3. The molecule has 0 aliphatic carbocycles. The number of aromatic nitrogens is 2. The molecule has 3 rings (SSSR count). The van der Waals surface area contributed by atoms with Gasteiger partial charge in [0.25, 0.3) is 0 Å². The van der Waals surface area contributed by atoms with Crippen molar-refractivity contribution in [1.82, 2.24) is 25.3 Å². The molecule has 27 heavy (non-hydrogen) atoms. The molecule has 0 amide bonds. The Balaban J connectivity index is 1.64. The zero-order chi connectivity index (χ0) is 19.1. The Morgan fingerprint density at radius 3 is 2.81 bits per heavy atom. The number of likely N-dealkylation sites (tertiary alicyclic amines) is 1. The van der Waals surface area contributed by atoms with Crippen LogP contribution in [0.15, 0.2) is 34.9 Å². The number of hydrogen-bond donors (Lipinski definition) is 2. The second-order valence-corrected chi connectivity index (χ2v) is 8.33. The first-order valence-corrected chi connectivity index (χ1v) is 10.8. The summed E-state index contributed by atoms with van der Waals surface area (Å²) in [6.07, 6.45) is 6.46. The van der Waals surface area contributed by atoms with E-state index in [4.69, 9.17) is 4.99 Å². The minimum atomic E-state index is 0.403. The fourth-order valence-corrected chi connectivity index (χ4v) is 4.35. The van der Waals surface area contributed by atoms with Crippen LogP contribution in [0.3, 0.4) is 0 Å². The third kappa shape index (κ3) is 5.81. The average Bonchev–Trinajstić information content (AvgIpc) is 3.33. The molecule has 1 fully saturated rings. The van der Waals surface area contributed by atoms with E-state index in [9.17, 15) is 0 Å². The van der Waals surface area contributed by atoms with Crippen LogP contribution in [0.5, 0.6) is 0 Å². The Morgan fingerprint density at radius 2 is 2.19 bits per heavy atom. The Kier molecular flexibility index (Phi) is 7.29. The van der Waals surface area contributed by atoms with Crippen molar-refractivity contribution in [3.8, 4) is 0 Å². The Morgan fingerprint density at radius 1 is 1.37 bits per heavy atom. The van der Waals surface area contributed by atoms with Gasteiger partial charge in [-0.1, -0.05) is 13.0 Å². The summed E-state index contributed by atoms with van der Waals surface area (Å²) in [5.41, 5.74) is 1.12. The summed E-state index contributed by atoms with van der Waals surface area (Å²) < 4.78 is 1.81. The van der Waals surface area contributed by atoms with Gasteiger partial charge in [0, 0.05) is 36.8 Å². The Hall–Kier alpha value is -1.86. The van der Waals surface area contributed by atoms with Crippen LogP contribution in [-0.4, -0.2) is 46.8 Å².